The Balaban J connectivity index is 4.09. The first kappa shape index (κ1) is 10.5. The summed E-state index contributed by atoms with van der Waals surface area (Å²) in [6, 6.07) is -1.28. The predicted molar refractivity (Wildman–Crippen MR) is 40.1 cm³/mol. The normalized spacial score (nSPS) is 10.8. The topological polar surface area (TPSA) is 86.6 Å². The van der Waals surface area contributed by atoms with Gasteiger partial charge in [-0.2, -0.15) is 0 Å². The number of carbonyl (C=O) groups is 2. The van der Waals surface area contributed by atoms with E-state index in [0.717, 1.165) is 0 Å². The molecule has 1 unspecified atom stereocenters. The van der Waals surface area contributed by atoms with Crippen LogP contribution >= 0.6 is 0 Å². The first-order chi connectivity index (χ1) is 5.61. The predicted octanol–water partition coefficient (Wildman–Crippen LogP) is -1.43. The molecule has 0 rings (SSSR count). The standard InChI is InChI=1S/C7H9NO4/c1-2-3-6(10)8-5(4-9)7(11)12/h5,9H,4H2,1H3,(H,8,10)(H,11,12). The van der Waals surface area contributed by atoms with Gasteiger partial charge in [0.1, 0.15) is 0 Å². The third-order valence-electron chi connectivity index (χ3n) is 1.02. The molecule has 0 aromatic rings. The fourth-order valence-corrected chi connectivity index (χ4v) is 0.493. The van der Waals surface area contributed by atoms with E-state index in [4.69, 9.17) is 10.2 Å². The molecule has 0 aliphatic heterocycles. The zero-order valence-corrected chi connectivity index (χ0v) is 6.50. The molecule has 5 nitrogen and oxygen atoms in total. The van der Waals surface area contributed by atoms with Gasteiger partial charge in [0.15, 0.2) is 6.04 Å². The zero-order valence-electron chi connectivity index (χ0n) is 6.50. The molecule has 12 heavy (non-hydrogen) atoms. The highest BCUT2D eigenvalue weighted by Gasteiger charge is 2.16. The summed E-state index contributed by atoms with van der Waals surface area (Å²) in [5, 5.41) is 18.8. The monoisotopic (exact) mass is 171 g/mol. The molecule has 0 aliphatic carbocycles. The SMILES string of the molecule is CC#CC(=O)NC(CO)C(=O)O. The summed E-state index contributed by atoms with van der Waals surface area (Å²) in [4.78, 5) is 20.9. The second-order valence-corrected chi connectivity index (χ2v) is 1.92. The Morgan fingerprint density at radius 2 is 2.17 bits per heavy atom. The first-order valence-electron chi connectivity index (χ1n) is 3.18. The van der Waals surface area contributed by atoms with Gasteiger partial charge in [-0.3, -0.25) is 4.79 Å². The summed E-state index contributed by atoms with van der Waals surface area (Å²) in [6.45, 7) is 0.806. The molecule has 0 saturated carbocycles. The molecule has 0 bridgehead atoms. The van der Waals surface area contributed by atoms with Gasteiger partial charge in [-0.05, 0) is 12.8 Å². The molecule has 0 fully saturated rings. The molecule has 0 aromatic heterocycles. The summed E-state index contributed by atoms with van der Waals surface area (Å²) in [7, 11) is 0. The average Bonchev–Trinajstić information content (AvgIpc) is 2.00. The highest BCUT2D eigenvalue weighted by molar-refractivity contribution is 5.95. The molecule has 0 aromatic carbocycles. The second-order valence-electron chi connectivity index (χ2n) is 1.92. The molecular weight excluding hydrogens is 162 g/mol. The fourth-order valence-electron chi connectivity index (χ4n) is 0.493. The van der Waals surface area contributed by atoms with Crippen LogP contribution in [0.4, 0.5) is 0 Å². The Hall–Kier alpha value is -1.54. The van der Waals surface area contributed by atoms with E-state index in [1.165, 1.54) is 6.92 Å². The van der Waals surface area contributed by atoms with Gasteiger partial charge < -0.3 is 15.5 Å². The minimum absolute atomic E-state index is 0.646. The Morgan fingerprint density at radius 3 is 2.50 bits per heavy atom. The van der Waals surface area contributed by atoms with Gasteiger partial charge >= 0.3 is 5.97 Å². The van der Waals surface area contributed by atoms with Crippen molar-refractivity contribution in [3.8, 4) is 11.8 Å². The van der Waals surface area contributed by atoms with Crippen LogP contribution in [-0.2, 0) is 9.59 Å². The number of amides is 1. The lowest BCUT2D eigenvalue weighted by atomic mass is 10.3. The molecule has 0 radical (unpaired) electrons. The van der Waals surface area contributed by atoms with Crippen molar-refractivity contribution < 1.29 is 19.8 Å². The Bertz CT molecular complexity index is 238. The van der Waals surface area contributed by atoms with E-state index in [1.807, 2.05) is 5.32 Å². The van der Waals surface area contributed by atoms with E-state index in [1.54, 1.807) is 0 Å². The van der Waals surface area contributed by atoms with Gasteiger partial charge in [-0.25, -0.2) is 4.79 Å². The van der Waals surface area contributed by atoms with Crippen LogP contribution in [0.5, 0.6) is 0 Å². The minimum Gasteiger partial charge on any atom is -0.480 e. The van der Waals surface area contributed by atoms with E-state index < -0.39 is 24.5 Å². The number of aliphatic hydroxyl groups is 1. The zero-order chi connectivity index (χ0) is 9.56. The van der Waals surface area contributed by atoms with E-state index in [0.29, 0.717) is 0 Å². The number of carbonyl (C=O) groups excluding carboxylic acids is 1. The molecule has 0 heterocycles. The van der Waals surface area contributed by atoms with E-state index in [2.05, 4.69) is 11.8 Å². The Morgan fingerprint density at radius 1 is 1.58 bits per heavy atom. The highest BCUT2D eigenvalue weighted by atomic mass is 16.4. The summed E-state index contributed by atoms with van der Waals surface area (Å²) in [6.07, 6.45) is 0. The van der Waals surface area contributed by atoms with Crippen LogP contribution in [-0.4, -0.2) is 34.7 Å². The van der Waals surface area contributed by atoms with Crippen LogP contribution in [0.3, 0.4) is 0 Å². The fraction of sp³-hybridized carbons (Fsp3) is 0.429. The summed E-state index contributed by atoms with van der Waals surface area (Å²) >= 11 is 0. The lowest BCUT2D eigenvalue weighted by Gasteiger charge is -2.07. The smallest absolute Gasteiger partial charge is 0.328 e. The molecule has 1 amide bonds. The van der Waals surface area contributed by atoms with Crippen molar-refractivity contribution in [2.45, 2.75) is 13.0 Å². The van der Waals surface area contributed by atoms with Crippen molar-refractivity contribution in [2.24, 2.45) is 0 Å². The summed E-state index contributed by atoms with van der Waals surface area (Å²) < 4.78 is 0. The maximum atomic E-state index is 10.7. The van der Waals surface area contributed by atoms with Gasteiger partial charge in [0.25, 0.3) is 5.91 Å². The summed E-state index contributed by atoms with van der Waals surface area (Å²) in [5.41, 5.74) is 0. The second kappa shape index (κ2) is 5.16. The maximum absolute atomic E-state index is 10.7. The van der Waals surface area contributed by atoms with Crippen LogP contribution in [0, 0.1) is 11.8 Å². The lowest BCUT2D eigenvalue weighted by Crippen LogP contribution is -2.42. The van der Waals surface area contributed by atoms with Crippen molar-refractivity contribution in [1.82, 2.24) is 5.32 Å². The minimum atomic E-state index is -1.29. The number of hydrogen-bond acceptors (Lipinski definition) is 3. The molecule has 5 heteroatoms. The van der Waals surface area contributed by atoms with E-state index in [-0.39, 0.29) is 0 Å². The summed E-state index contributed by atoms with van der Waals surface area (Å²) in [5.74, 6) is 2.39. The molecule has 0 aliphatic rings. The molecule has 0 spiro atoms. The molecule has 3 N–H and O–H groups in total. The van der Waals surface area contributed by atoms with Crippen LogP contribution in [0.1, 0.15) is 6.92 Å². The Labute approximate surface area is 69.4 Å². The third kappa shape index (κ3) is 3.58. The lowest BCUT2D eigenvalue weighted by molar-refractivity contribution is -0.142. The number of nitrogens with one attached hydrogen (secondary N) is 1. The van der Waals surface area contributed by atoms with Crippen LogP contribution < -0.4 is 5.32 Å². The van der Waals surface area contributed by atoms with Gasteiger partial charge in [0.05, 0.1) is 6.61 Å². The van der Waals surface area contributed by atoms with E-state index in [9.17, 15) is 9.59 Å². The van der Waals surface area contributed by atoms with Gasteiger partial charge in [0.2, 0.25) is 0 Å². The number of rotatable bonds is 3. The number of hydrogen-bond donors (Lipinski definition) is 3. The van der Waals surface area contributed by atoms with Crippen molar-refractivity contribution >= 4 is 11.9 Å². The highest BCUT2D eigenvalue weighted by Crippen LogP contribution is 1.81. The third-order valence-corrected chi connectivity index (χ3v) is 1.02. The van der Waals surface area contributed by atoms with Crippen molar-refractivity contribution in [3.05, 3.63) is 0 Å². The van der Waals surface area contributed by atoms with Crippen LogP contribution in [0.25, 0.3) is 0 Å². The van der Waals surface area contributed by atoms with Gasteiger partial charge in [-0.1, -0.05) is 5.92 Å². The molecule has 1 atom stereocenters. The first-order valence-corrected chi connectivity index (χ1v) is 3.18. The van der Waals surface area contributed by atoms with Crippen molar-refractivity contribution in [2.75, 3.05) is 6.61 Å². The number of carboxylic acid groups (broad SMARTS) is 1. The van der Waals surface area contributed by atoms with Gasteiger partial charge in [-0.15, -0.1) is 0 Å². The Kier molecular flexibility index (Phi) is 4.49. The van der Waals surface area contributed by atoms with Crippen LogP contribution in [0.15, 0.2) is 0 Å². The molecule has 0 saturated heterocycles. The van der Waals surface area contributed by atoms with Gasteiger partial charge in [0, 0.05) is 0 Å². The molecular formula is C7H9NO4. The number of carboxylic acids is 1. The number of aliphatic hydroxyl groups excluding tert-OH is 1. The van der Waals surface area contributed by atoms with Crippen molar-refractivity contribution in [1.29, 1.82) is 0 Å². The quantitative estimate of drug-likeness (QED) is 0.454. The largest absolute Gasteiger partial charge is 0.480 e. The average molecular weight is 171 g/mol. The van der Waals surface area contributed by atoms with Crippen LogP contribution in [0.2, 0.25) is 0 Å². The number of aliphatic carboxylic acids is 1. The maximum Gasteiger partial charge on any atom is 0.328 e. The molecule has 66 valence electrons. The van der Waals surface area contributed by atoms with E-state index >= 15 is 0 Å². The van der Waals surface area contributed by atoms with Crippen molar-refractivity contribution in [3.63, 3.8) is 0 Å².